The van der Waals surface area contributed by atoms with E-state index < -0.39 is 5.54 Å². The second-order valence-corrected chi connectivity index (χ2v) is 6.39. The fourth-order valence-corrected chi connectivity index (χ4v) is 4.34. The number of halogens is 1. The van der Waals surface area contributed by atoms with Crippen molar-refractivity contribution in [3.8, 4) is 11.5 Å². The molecule has 0 atom stereocenters. The van der Waals surface area contributed by atoms with E-state index in [2.05, 4.69) is 27.8 Å². The number of benzene rings is 1. The summed E-state index contributed by atoms with van der Waals surface area (Å²) in [6, 6.07) is 1.95. The number of carbonyl (C=O) groups excluding carboxylic acids is 1. The van der Waals surface area contributed by atoms with Crippen LogP contribution in [0.4, 0.5) is 0 Å². The molecule has 4 nitrogen and oxygen atoms in total. The predicted octanol–water partition coefficient (Wildman–Crippen LogP) is 3.89. The summed E-state index contributed by atoms with van der Waals surface area (Å²) in [7, 11) is 0. The molecule has 2 aliphatic rings. The van der Waals surface area contributed by atoms with Gasteiger partial charge < -0.3 is 9.47 Å². The average Bonchev–Trinajstić information content (AvgIpc) is 2.95. The summed E-state index contributed by atoms with van der Waals surface area (Å²) in [5.74, 6) is 1.59. The van der Waals surface area contributed by atoms with E-state index in [0.717, 1.165) is 59.2 Å². The lowest BCUT2D eigenvalue weighted by Gasteiger charge is -2.30. The first-order valence-corrected chi connectivity index (χ1v) is 8.21. The average molecular weight is 352 g/mol. The molecule has 0 spiro atoms. The van der Waals surface area contributed by atoms with Crippen molar-refractivity contribution in [3.05, 3.63) is 21.7 Å². The summed E-state index contributed by atoms with van der Waals surface area (Å²) in [6.07, 6.45) is 6.53. The molecule has 1 aromatic rings. The van der Waals surface area contributed by atoms with Crippen molar-refractivity contribution in [1.29, 1.82) is 0 Å². The molecule has 1 aromatic carbocycles. The van der Waals surface area contributed by atoms with E-state index >= 15 is 0 Å². The Bertz CT molecular complexity index is 602. The van der Waals surface area contributed by atoms with Gasteiger partial charge in [0, 0.05) is 15.6 Å². The molecule has 0 aromatic heterocycles. The largest absolute Gasteiger partial charge is 0.486 e. The zero-order valence-corrected chi connectivity index (χ0v) is 13.7. The van der Waals surface area contributed by atoms with E-state index in [9.17, 15) is 4.79 Å². The van der Waals surface area contributed by atoms with Crippen LogP contribution in [0.1, 0.15) is 43.7 Å². The molecule has 0 N–H and O–H groups in total. The van der Waals surface area contributed by atoms with E-state index in [1.807, 2.05) is 6.07 Å². The fourth-order valence-electron chi connectivity index (χ4n) is 3.53. The van der Waals surface area contributed by atoms with Crippen molar-refractivity contribution in [2.75, 3.05) is 13.2 Å². The predicted molar refractivity (Wildman–Crippen MR) is 82.8 cm³/mol. The van der Waals surface area contributed by atoms with E-state index in [4.69, 9.17) is 9.47 Å². The van der Waals surface area contributed by atoms with Crippen LogP contribution in [0.5, 0.6) is 11.5 Å². The Balaban J connectivity index is 2.23. The molecule has 0 bridgehead atoms. The lowest BCUT2D eigenvalue weighted by molar-refractivity contribution is 0.169. The molecule has 0 amide bonds. The SMILES string of the molecule is CCc1c2c(cc(Br)c1C1(N=C=O)CCCC1)OCCO2. The summed E-state index contributed by atoms with van der Waals surface area (Å²) in [4.78, 5) is 15.2. The molecule has 0 saturated heterocycles. The molecule has 0 radical (unpaired) electrons. The van der Waals surface area contributed by atoms with Gasteiger partial charge in [0.2, 0.25) is 6.08 Å². The Kier molecular flexibility index (Phi) is 4.05. The van der Waals surface area contributed by atoms with Crippen LogP contribution in [0.3, 0.4) is 0 Å². The van der Waals surface area contributed by atoms with Crippen LogP contribution in [0.2, 0.25) is 0 Å². The molecule has 5 heteroatoms. The lowest BCUT2D eigenvalue weighted by atomic mass is 9.84. The number of fused-ring (bicyclic) bond motifs is 1. The van der Waals surface area contributed by atoms with Crippen LogP contribution in [0, 0.1) is 0 Å². The fraction of sp³-hybridized carbons (Fsp3) is 0.562. The maximum absolute atomic E-state index is 11.0. The van der Waals surface area contributed by atoms with Crippen LogP contribution < -0.4 is 9.47 Å². The molecule has 0 unspecified atom stereocenters. The highest BCUT2D eigenvalue weighted by Gasteiger charge is 2.40. The first kappa shape index (κ1) is 14.6. The standard InChI is InChI=1S/C16H18BrNO3/c1-2-11-14(16(18-10-19)5-3-4-6-16)12(17)9-13-15(11)21-8-7-20-13/h9H,2-8H2,1H3. The number of aliphatic imine (C=N–C) groups is 1. The smallest absolute Gasteiger partial charge is 0.235 e. The van der Waals surface area contributed by atoms with Gasteiger partial charge in [0.05, 0.1) is 5.54 Å². The van der Waals surface area contributed by atoms with E-state index in [-0.39, 0.29) is 0 Å². The first-order valence-electron chi connectivity index (χ1n) is 7.42. The highest BCUT2D eigenvalue weighted by Crippen LogP contribution is 2.51. The first-order chi connectivity index (χ1) is 10.2. The topological polar surface area (TPSA) is 47.9 Å². The van der Waals surface area contributed by atoms with Gasteiger partial charge in [0.25, 0.3) is 0 Å². The summed E-state index contributed by atoms with van der Waals surface area (Å²) in [6.45, 7) is 3.22. The third kappa shape index (κ3) is 2.39. The van der Waals surface area contributed by atoms with Crippen LogP contribution in [-0.2, 0) is 16.8 Å². The van der Waals surface area contributed by atoms with Crippen molar-refractivity contribution in [2.24, 2.45) is 4.99 Å². The van der Waals surface area contributed by atoms with Gasteiger partial charge in [-0.3, -0.25) is 0 Å². The molecule has 112 valence electrons. The minimum absolute atomic E-state index is 0.457. The van der Waals surface area contributed by atoms with E-state index in [0.29, 0.717) is 13.2 Å². The quantitative estimate of drug-likeness (QED) is 0.613. The number of isocyanates is 1. The van der Waals surface area contributed by atoms with Crippen molar-refractivity contribution >= 4 is 22.0 Å². The van der Waals surface area contributed by atoms with Gasteiger partial charge in [-0.05, 0) is 25.3 Å². The molecular weight excluding hydrogens is 334 g/mol. The number of ether oxygens (including phenoxy) is 2. The maximum atomic E-state index is 11.0. The molecule has 1 aliphatic heterocycles. The van der Waals surface area contributed by atoms with Crippen LogP contribution in [0.25, 0.3) is 0 Å². The normalized spacial score (nSPS) is 19.1. The van der Waals surface area contributed by atoms with Crippen molar-refractivity contribution in [3.63, 3.8) is 0 Å². The Morgan fingerprint density at radius 3 is 2.71 bits per heavy atom. The summed E-state index contributed by atoms with van der Waals surface area (Å²) in [5, 5.41) is 0. The van der Waals surface area contributed by atoms with Crippen LogP contribution >= 0.6 is 15.9 Å². The minimum Gasteiger partial charge on any atom is -0.486 e. The van der Waals surface area contributed by atoms with Crippen molar-refractivity contribution < 1.29 is 14.3 Å². The number of hydrogen-bond acceptors (Lipinski definition) is 4. The van der Waals surface area contributed by atoms with Crippen LogP contribution in [0.15, 0.2) is 15.5 Å². The van der Waals surface area contributed by atoms with Gasteiger partial charge in [-0.25, -0.2) is 4.79 Å². The Hall–Kier alpha value is -1.32. The van der Waals surface area contributed by atoms with Gasteiger partial charge in [-0.15, -0.1) is 0 Å². The molecule has 1 heterocycles. The molecule has 21 heavy (non-hydrogen) atoms. The van der Waals surface area contributed by atoms with Gasteiger partial charge in [-0.2, -0.15) is 4.99 Å². The number of nitrogens with zero attached hydrogens (tertiary/aromatic N) is 1. The monoisotopic (exact) mass is 351 g/mol. The molecular formula is C16H18BrNO3. The highest BCUT2D eigenvalue weighted by atomic mass is 79.9. The van der Waals surface area contributed by atoms with Gasteiger partial charge in [-0.1, -0.05) is 35.7 Å². The lowest BCUT2D eigenvalue weighted by Crippen LogP contribution is -2.24. The number of rotatable bonds is 3. The van der Waals surface area contributed by atoms with Gasteiger partial charge in [0.15, 0.2) is 11.5 Å². The third-order valence-electron chi connectivity index (χ3n) is 4.39. The summed E-state index contributed by atoms with van der Waals surface area (Å²) in [5.41, 5.74) is 1.72. The Labute approximate surface area is 132 Å². The maximum Gasteiger partial charge on any atom is 0.235 e. The highest BCUT2D eigenvalue weighted by molar-refractivity contribution is 9.10. The minimum atomic E-state index is -0.457. The van der Waals surface area contributed by atoms with E-state index in [1.165, 1.54) is 0 Å². The molecule has 1 aliphatic carbocycles. The second kappa shape index (κ2) is 5.82. The van der Waals surface area contributed by atoms with E-state index in [1.54, 1.807) is 6.08 Å². The van der Waals surface area contributed by atoms with Gasteiger partial charge in [0.1, 0.15) is 13.2 Å². The zero-order valence-electron chi connectivity index (χ0n) is 12.1. The summed E-state index contributed by atoms with van der Waals surface area (Å²) >= 11 is 3.66. The summed E-state index contributed by atoms with van der Waals surface area (Å²) < 4.78 is 12.5. The molecule has 1 saturated carbocycles. The van der Waals surface area contributed by atoms with Crippen molar-refractivity contribution in [1.82, 2.24) is 0 Å². The number of hydrogen-bond donors (Lipinski definition) is 0. The Morgan fingerprint density at radius 2 is 2.05 bits per heavy atom. The van der Waals surface area contributed by atoms with Crippen LogP contribution in [-0.4, -0.2) is 19.3 Å². The van der Waals surface area contributed by atoms with Crippen molar-refractivity contribution in [2.45, 2.75) is 44.6 Å². The second-order valence-electron chi connectivity index (χ2n) is 5.53. The van der Waals surface area contributed by atoms with Gasteiger partial charge >= 0.3 is 0 Å². The molecule has 1 fully saturated rings. The zero-order chi connectivity index (χ0) is 14.9. The Morgan fingerprint density at radius 1 is 1.33 bits per heavy atom. The molecule has 3 rings (SSSR count). The third-order valence-corrected chi connectivity index (χ3v) is 5.02.